The first kappa shape index (κ1) is 23.4. The number of ether oxygens (including phenoxy) is 2. The Morgan fingerprint density at radius 3 is 2.26 bits per heavy atom. The molecule has 1 aliphatic carbocycles. The molecule has 2 heterocycles. The van der Waals surface area contributed by atoms with Crippen molar-refractivity contribution in [3.8, 4) is 11.1 Å². The second-order valence-corrected chi connectivity index (χ2v) is 9.61. The number of carbonyl (C=O) groups excluding carboxylic acids is 2. The fourth-order valence-electron chi connectivity index (χ4n) is 6.04. The lowest BCUT2D eigenvalue weighted by Gasteiger charge is -2.31. The Morgan fingerprint density at radius 1 is 1.06 bits per heavy atom. The largest absolute Gasteiger partial charge is 0.481 e. The monoisotopic (exact) mass is 478 g/mol. The molecule has 2 aromatic carbocycles. The number of fused-ring (bicyclic) bond motifs is 5. The molecule has 0 saturated carbocycles. The van der Waals surface area contributed by atoms with Gasteiger partial charge in [-0.1, -0.05) is 48.5 Å². The highest BCUT2D eigenvalue weighted by atomic mass is 16.5. The third kappa shape index (κ3) is 4.05. The number of alkyl carbamates (subject to hydrolysis) is 1. The van der Waals surface area contributed by atoms with Gasteiger partial charge in [0.15, 0.2) is 0 Å². The lowest BCUT2D eigenvalue weighted by atomic mass is 9.89. The van der Waals surface area contributed by atoms with E-state index in [1.807, 2.05) is 36.4 Å². The first-order chi connectivity index (χ1) is 16.9. The van der Waals surface area contributed by atoms with Crippen molar-refractivity contribution in [3.05, 3.63) is 59.7 Å². The standard InChI is InChI=1S/C27H30N2O6/c1-15(34-2)24(25(30)29-16-11-12-23(29)21(13-16)26(31)32)28-27(33)35-14-22-19-9-5-3-7-17(19)18-8-4-6-10-20(18)22/h3-10,15-16,21-24H,11-14H2,1-2H3,(H,28,33)(H,31,32). The number of carboxylic acid groups (broad SMARTS) is 1. The van der Waals surface area contributed by atoms with Crippen LogP contribution < -0.4 is 5.32 Å². The van der Waals surface area contributed by atoms with Gasteiger partial charge in [-0.3, -0.25) is 9.59 Å². The number of hydrogen-bond donors (Lipinski definition) is 2. The molecule has 0 aromatic heterocycles. The third-order valence-electron chi connectivity index (χ3n) is 7.83. The molecule has 0 radical (unpaired) electrons. The van der Waals surface area contributed by atoms with Crippen LogP contribution in [0, 0.1) is 5.92 Å². The van der Waals surface area contributed by atoms with Crippen molar-refractivity contribution < 1.29 is 29.0 Å². The van der Waals surface area contributed by atoms with Gasteiger partial charge in [-0.2, -0.15) is 0 Å². The molecule has 5 rings (SSSR count). The normalized spacial score (nSPS) is 23.9. The van der Waals surface area contributed by atoms with E-state index in [4.69, 9.17) is 9.47 Å². The minimum absolute atomic E-state index is 0.0899. The van der Waals surface area contributed by atoms with Crippen molar-refractivity contribution in [1.29, 1.82) is 0 Å². The van der Waals surface area contributed by atoms with Crippen LogP contribution in [0.15, 0.2) is 48.5 Å². The van der Waals surface area contributed by atoms with Crippen LogP contribution in [0.2, 0.25) is 0 Å². The van der Waals surface area contributed by atoms with Gasteiger partial charge < -0.3 is 24.8 Å². The van der Waals surface area contributed by atoms with Gasteiger partial charge >= 0.3 is 12.1 Å². The first-order valence-corrected chi connectivity index (χ1v) is 12.1. The van der Waals surface area contributed by atoms with Gasteiger partial charge in [0.2, 0.25) is 5.91 Å². The fourth-order valence-corrected chi connectivity index (χ4v) is 6.04. The quantitative estimate of drug-likeness (QED) is 0.632. The second kappa shape index (κ2) is 9.34. The molecule has 8 heteroatoms. The van der Waals surface area contributed by atoms with E-state index >= 15 is 0 Å². The molecule has 2 saturated heterocycles. The number of nitrogens with zero attached hydrogens (tertiary/aromatic N) is 1. The lowest BCUT2D eigenvalue weighted by Crippen LogP contribution is -2.55. The van der Waals surface area contributed by atoms with Crippen LogP contribution in [-0.2, 0) is 19.1 Å². The van der Waals surface area contributed by atoms with Crippen molar-refractivity contribution in [3.63, 3.8) is 0 Å². The molecule has 2 amide bonds. The van der Waals surface area contributed by atoms with Crippen LogP contribution in [0.1, 0.15) is 43.2 Å². The number of carboxylic acids is 1. The molecular weight excluding hydrogens is 448 g/mol. The number of rotatable bonds is 7. The minimum atomic E-state index is -0.966. The maximum Gasteiger partial charge on any atom is 0.407 e. The van der Waals surface area contributed by atoms with Crippen LogP contribution in [0.5, 0.6) is 0 Å². The van der Waals surface area contributed by atoms with Gasteiger partial charge in [-0.15, -0.1) is 0 Å². The summed E-state index contributed by atoms with van der Waals surface area (Å²) >= 11 is 0. The van der Waals surface area contributed by atoms with Crippen molar-refractivity contribution in [2.75, 3.05) is 13.7 Å². The maximum atomic E-state index is 13.5. The molecule has 0 spiro atoms. The SMILES string of the molecule is COC(C)C(NC(=O)OCC1c2ccccc2-c2ccccc21)C(=O)N1C2CCC1C(C(=O)O)C2. The highest BCUT2D eigenvalue weighted by Crippen LogP contribution is 2.45. The van der Waals surface area contributed by atoms with Crippen LogP contribution >= 0.6 is 0 Å². The van der Waals surface area contributed by atoms with Crippen LogP contribution in [0.3, 0.4) is 0 Å². The Bertz CT molecular complexity index is 1100. The molecule has 8 nitrogen and oxygen atoms in total. The van der Waals surface area contributed by atoms with Gasteiger partial charge in [0.05, 0.1) is 12.0 Å². The molecule has 3 aliphatic rings. The molecule has 184 valence electrons. The number of aliphatic carboxylic acids is 1. The Morgan fingerprint density at radius 2 is 1.69 bits per heavy atom. The summed E-state index contributed by atoms with van der Waals surface area (Å²) in [6, 6.07) is 14.7. The highest BCUT2D eigenvalue weighted by molar-refractivity contribution is 5.88. The molecule has 35 heavy (non-hydrogen) atoms. The number of nitrogens with one attached hydrogen (secondary N) is 1. The zero-order valence-corrected chi connectivity index (χ0v) is 19.8. The lowest BCUT2D eigenvalue weighted by molar-refractivity contribution is -0.143. The summed E-state index contributed by atoms with van der Waals surface area (Å²) in [5.74, 6) is -1.85. The predicted molar refractivity (Wildman–Crippen MR) is 128 cm³/mol. The van der Waals surface area contributed by atoms with Gasteiger partial charge in [-0.05, 0) is 48.4 Å². The van der Waals surface area contributed by atoms with E-state index in [0.29, 0.717) is 12.8 Å². The topological polar surface area (TPSA) is 105 Å². The summed E-state index contributed by atoms with van der Waals surface area (Å²) in [4.78, 5) is 39.6. The summed E-state index contributed by atoms with van der Waals surface area (Å²) in [6.07, 6.45) is 0.581. The average Bonchev–Trinajstić information content (AvgIpc) is 3.55. The van der Waals surface area contributed by atoms with Crippen molar-refractivity contribution in [2.45, 2.75) is 56.3 Å². The van der Waals surface area contributed by atoms with Crippen molar-refractivity contribution in [2.24, 2.45) is 5.92 Å². The summed E-state index contributed by atoms with van der Waals surface area (Å²) in [5, 5.41) is 12.2. The molecule has 2 aromatic rings. The van der Waals surface area contributed by atoms with Crippen LogP contribution in [0.4, 0.5) is 4.79 Å². The first-order valence-electron chi connectivity index (χ1n) is 12.1. The number of hydrogen-bond acceptors (Lipinski definition) is 5. The van der Waals surface area contributed by atoms with Crippen molar-refractivity contribution >= 4 is 18.0 Å². The third-order valence-corrected chi connectivity index (χ3v) is 7.83. The Balaban J connectivity index is 1.28. The number of amides is 2. The molecule has 5 atom stereocenters. The van der Waals surface area contributed by atoms with E-state index in [0.717, 1.165) is 28.7 Å². The smallest absolute Gasteiger partial charge is 0.407 e. The molecule has 2 fully saturated rings. The summed E-state index contributed by atoms with van der Waals surface area (Å²) in [7, 11) is 1.48. The summed E-state index contributed by atoms with van der Waals surface area (Å²) in [6.45, 7) is 1.84. The number of methoxy groups -OCH3 is 1. The molecule has 2 bridgehead atoms. The molecule has 2 aliphatic heterocycles. The molecule has 5 unspecified atom stereocenters. The van der Waals surface area contributed by atoms with Crippen LogP contribution in [0.25, 0.3) is 11.1 Å². The van der Waals surface area contributed by atoms with Crippen molar-refractivity contribution in [1.82, 2.24) is 10.2 Å². The van der Waals surface area contributed by atoms with E-state index in [2.05, 4.69) is 17.4 Å². The predicted octanol–water partition coefficient (Wildman–Crippen LogP) is 3.39. The molecule has 2 N–H and O–H groups in total. The van der Waals surface area contributed by atoms with E-state index in [-0.39, 0.29) is 30.5 Å². The van der Waals surface area contributed by atoms with E-state index in [9.17, 15) is 19.5 Å². The van der Waals surface area contributed by atoms with E-state index < -0.39 is 30.1 Å². The van der Waals surface area contributed by atoms with E-state index in [1.54, 1.807) is 11.8 Å². The average molecular weight is 479 g/mol. The number of carbonyl (C=O) groups is 3. The highest BCUT2D eigenvalue weighted by Gasteiger charge is 2.53. The van der Waals surface area contributed by atoms with E-state index in [1.165, 1.54) is 7.11 Å². The summed E-state index contributed by atoms with van der Waals surface area (Å²) in [5.41, 5.74) is 4.48. The molecular formula is C27H30N2O6. The van der Waals surface area contributed by atoms with Gasteiger partial charge in [0.1, 0.15) is 12.6 Å². The van der Waals surface area contributed by atoms with Crippen LogP contribution in [-0.4, -0.2) is 65.9 Å². The Labute approximate surface area is 204 Å². The summed E-state index contributed by atoms with van der Waals surface area (Å²) < 4.78 is 11.0. The second-order valence-electron chi connectivity index (χ2n) is 9.61. The fraction of sp³-hybridized carbons (Fsp3) is 0.444. The maximum absolute atomic E-state index is 13.5. The zero-order valence-electron chi connectivity index (χ0n) is 19.8. The number of benzene rings is 2. The minimum Gasteiger partial charge on any atom is -0.481 e. The Hall–Kier alpha value is -3.39. The zero-order chi connectivity index (χ0) is 24.7. The van der Waals surface area contributed by atoms with Gasteiger partial charge in [0.25, 0.3) is 0 Å². The van der Waals surface area contributed by atoms with Gasteiger partial charge in [0, 0.05) is 25.1 Å². The van der Waals surface area contributed by atoms with Gasteiger partial charge in [-0.25, -0.2) is 4.79 Å². The Kier molecular flexibility index (Phi) is 6.23.